The Labute approximate surface area is 111 Å². The van der Waals surface area contributed by atoms with Gasteiger partial charge in [-0.15, -0.1) is 0 Å². The molecule has 2 aliphatic rings. The van der Waals surface area contributed by atoms with Gasteiger partial charge in [0.25, 0.3) is 0 Å². The molecule has 1 aliphatic heterocycles. The van der Waals surface area contributed by atoms with Gasteiger partial charge in [0.05, 0.1) is 0 Å². The van der Waals surface area contributed by atoms with Gasteiger partial charge in [0.15, 0.2) is 0 Å². The van der Waals surface area contributed by atoms with Crippen molar-refractivity contribution in [2.24, 2.45) is 5.92 Å². The van der Waals surface area contributed by atoms with Crippen LogP contribution in [0.5, 0.6) is 0 Å². The molecule has 3 rings (SSSR count). The SMILES string of the molecule is CCN1c2cc3c(cc2[C@H](C)[C@@H]1C)C[C@@H](C)[C@H]3C. The van der Waals surface area contributed by atoms with E-state index in [1.165, 1.54) is 12.1 Å². The lowest BCUT2D eigenvalue weighted by molar-refractivity contribution is 0.531. The lowest BCUT2D eigenvalue weighted by Gasteiger charge is -2.25. The summed E-state index contributed by atoms with van der Waals surface area (Å²) in [5.41, 5.74) is 6.33. The van der Waals surface area contributed by atoms with Crippen LogP contribution in [-0.4, -0.2) is 12.6 Å². The van der Waals surface area contributed by atoms with Crippen LogP contribution in [0.1, 0.15) is 63.1 Å². The van der Waals surface area contributed by atoms with Crippen molar-refractivity contribution in [3.05, 3.63) is 28.8 Å². The second kappa shape index (κ2) is 4.01. The Morgan fingerprint density at radius 1 is 1.06 bits per heavy atom. The third kappa shape index (κ3) is 1.46. The van der Waals surface area contributed by atoms with Crippen molar-refractivity contribution in [1.82, 2.24) is 0 Å². The summed E-state index contributed by atoms with van der Waals surface area (Å²) in [5.74, 6) is 2.22. The van der Waals surface area contributed by atoms with Crippen molar-refractivity contribution < 1.29 is 0 Å². The highest BCUT2D eigenvalue weighted by molar-refractivity contribution is 5.65. The predicted molar refractivity (Wildman–Crippen MR) is 78.6 cm³/mol. The van der Waals surface area contributed by atoms with Crippen LogP contribution in [0.4, 0.5) is 5.69 Å². The standard InChI is InChI=1S/C17H25N/c1-6-18-13(5)12(4)16-8-14-7-10(2)11(3)15(14)9-17(16)18/h8-13H,6-7H2,1-5H3/t10-,11-,12-,13+/m1/s1. The van der Waals surface area contributed by atoms with Crippen LogP contribution >= 0.6 is 0 Å². The number of fused-ring (bicyclic) bond motifs is 2. The summed E-state index contributed by atoms with van der Waals surface area (Å²) in [6.07, 6.45) is 1.27. The number of hydrogen-bond acceptors (Lipinski definition) is 1. The molecule has 0 unspecified atom stereocenters. The lowest BCUT2D eigenvalue weighted by atomic mass is 9.93. The zero-order valence-corrected chi connectivity index (χ0v) is 12.3. The van der Waals surface area contributed by atoms with Gasteiger partial charge in [-0.05, 0) is 54.9 Å². The smallest absolute Gasteiger partial charge is 0.0407 e. The molecule has 1 heteroatoms. The van der Waals surface area contributed by atoms with E-state index >= 15 is 0 Å². The minimum Gasteiger partial charge on any atom is -0.368 e. The number of hydrogen-bond donors (Lipinski definition) is 0. The fourth-order valence-electron chi connectivity index (χ4n) is 3.92. The highest BCUT2D eigenvalue weighted by atomic mass is 15.2. The molecule has 0 amide bonds. The first-order valence-corrected chi connectivity index (χ1v) is 7.48. The Morgan fingerprint density at radius 2 is 1.78 bits per heavy atom. The molecule has 0 saturated heterocycles. The Kier molecular flexibility index (Phi) is 2.69. The largest absolute Gasteiger partial charge is 0.368 e. The molecule has 4 atom stereocenters. The number of likely N-dealkylation sites (N-methyl/N-ethyl adjacent to an activating group) is 1. The van der Waals surface area contributed by atoms with E-state index in [2.05, 4.69) is 51.7 Å². The van der Waals surface area contributed by atoms with Gasteiger partial charge in [-0.1, -0.05) is 26.8 Å². The van der Waals surface area contributed by atoms with E-state index in [0.717, 1.165) is 18.4 Å². The second-order valence-corrected chi connectivity index (χ2v) is 6.40. The summed E-state index contributed by atoms with van der Waals surface area (Å²) in [7, 11) is 0. The number of benzene rings is 1. The first-order valence-electron chi connectivity index (χ1n) is 7.48. The minimum absolute atomic E-state index is 0.653. The van der Waals surface area contributed by atoms with Crippen molar-refractivity contribution in [2.75, 3.05) is 11.4 Å². The Bertz CT molecular complexity index is 477. The highest BCUT2D eigenvalue weighted by Gasteiger charge is 2.35. The van der Waals surface area contributed by atoms with Crippen molar-refractivity contribution in [2.45, 2.75) is 58.9 Å². The van der Waals surface area contributed by atoms with E-state index in [-0.39, 0.29) is 0 Å². The van der Waals surface area contributed by atoms with Gasteiger partial charge >= 0.3 is 0 Å². The van der Waals surface area contributed by atoms with Crippen LogP contribution in [0.25, 0.3) is 0 Å². The molecule has 1 heterocycles. The maximum atomic E-state index is 2.58. The fraction of sp³-hybridized carbons (Fsp3) is 0.647. The molecular formula is C17H25N. The molecule has 1 aromatic carbocycles. The zero-order chi connectivity index (χ0) is 13.0. The summed E-state index contributed by atoms with van der Waals surface area (Å²) < 4.78 is 0. The number of anilines is 1. The molecule has 98 valence electrons. The monoisotopic (exact) mass is 243 g/mol. The van der Waals surface area contributed by atoms with Crippen LogP contribution in [0.15, 0.2) is 12.1 Å². The summed E-state index contributed by atoms with van der Waals surface area (Å²) in [5, 5.41) is 0. The highest BCUT2D eigenvalue weighted by Crippen LogP contribution is 2.47. The number of rotatable bonds is 1. The van der Waals surface area contributed by atoms with Gasteiger partial charge in [-0.2, -0.15) is 0 Å². The third-order valence-corrected chi connectivity index (χ3v) is 5.53. The van der Waals surface area contributed by atoms with E-state index in [1.807, 2.05) is 0 Å². The predicted octanol–water partition coefficient (Wildman–Crippen LogP) is 4.31. The zero-order valence-electron chi connectivity index (χ0n) is 12.3. The summed E-state index contributed by atoms with van der Waals surface area (Å²) in [6, 6.07) is 5.67. The van der Waals surface area contributed by atoms with Crippen molar-refractivity contribution in [3.8, 4) is 0 Å². The molecule has 0 spiro atoms. The van der Waals surface area contributed by atoms with Crippen LogP contribution in [0.3, 0.4) is 0 Å². The first-order chi connectivity index (χ1) is 8.54. The molecule has 1 aliphatic carbocycles. The quantitative estimate of drug-likeness (QED) is 0.710. The minimum atomic E-state index is 0.653. The molecule has 0 fully saturated rings. The van der Waals surface area contributed by atoms with Gasteiger partial charge in [-0.25, -0.2) is 0 Å². The van der Waals surface area contributed by atoms with E-state index in [1.54, 1.807) is 16.7 Å². The molecule has 0 N–H and O–H groups in total. The van der Waals surface area contributed by atoms with Crippen molar-refractivity contribution in [3.63, 3.8) is 0 Å². The van der Waals surface area contributed by atoms with Gasteiger partial charge in [0.1, 0.15) is 0 Å². The summed E-state index contributed by atoms with van der Waals surface area (Å²) >= 11 is 0. The van der Waals surface area contributed by atoms with Gasteiger partial charge < -0.3 is 4.90 Å². The van der Waals surface area contributed by atoms with E-state index in [4.69, 9.17) is 0 Å². The van der Waals surface area contributed by atoms with Crippen LogP contribution in [0, 0.1) is 5.92 Å². The molecule has 0 bridgehead atoms. The van der Waals surface area contributed by atoms with Crippen molar-refractivity contribution >= 4 is 5.69 Å². The number of nitrogens with zero attached hydrogens (tertiary/aromatic N) is 1. The van der Waals surface area contributed by atoms with E-state index in [0.29, 0.717) is 12.0 Å². The average Bonchev–Trinajstić information content (AvgIpc) is 2.76. The summed E-state index contributed by atoms with van der Waals surface area (Å²) in [4.78, 5) is 2.58. The maximum absolute atomic E-state index is 2.58. The molecule has 1 nitrogen and oxygen atoms in total. The molecule has 1 aromatic rings. The Morgan fingerprint density at radius 3 is 2.44 bits per heavy atom. The van der Waals surface area contributed by atoms with E-state index < -0.39 is 0 Å². The topological polar surface area (TPSA) is 3.24 Å². The molecular weight excluding hydrogens is 218 g/mol. The normalized spacial score (nSPS) is 33.7. The Balaban J connectivity index is 2.12. The van der Waals surface area contributed by atoms with Crippen molar-refractivity contribution in [1.29, 1.82) is 0 Å². The van der Waals surface area contributed by atoms with Gasteiger partial charge in [-0.3, -0.25) is 0 Å². The maximum Gasteiger partial charge on any atom is 0.0407 e. The molecule has 0 aromatic heterocycles. The van der Waals surface area contributed by atoms with Gasteiger partial charge in [0, 0.05) is 24.2 Å². The fourth-order valence-corrected chi connectivity index (χ4v) is 3.92. The average molecular weight is 243 g/mol. The Hall–Kier alpha value is -0.980. The van der Waals surface area contributed by atoms with Crippen LogP contribution in [-0.2, 0) is 6.42 Å². The van der Waals surface area contributed by atoms with Crippen LogP contribution in [0.2, 0.25) is 0 Å². The molecule has 0 radical (unpaired) electrons. The van der Waals surface area contributed by atoms with Crippen LogP contribution < -0.4 is 4.90 Å². The summed E-state index contributed by atoms with van der Waals surface area (Å²) in [6.45, 7) is 12.9. The van der Waals surface area contributed by atoms with Gasteiger partial charge in [0.2, 0.25) is 0 Å². The molecule has 18 heavy (non-hydrogen) atoms. The third-order valence-electron chi connectivity index (χ3n) is 5.53. The second-order valence-electron chi connectivity index (χ2n) is 6.40. The first kappa shape index (κ1) is 12.1. The molecule has 0 saturated carbocycles. The lowest BCUT2D eigenvalue weighted by Crippen LogP contribution is -2.30. The van der Waals surface area contributed by atoms with E-state index in [9.17, 15) is 0 Å².